The van der Waals surface area contributed by atoms with Crippen LogP contribution in [0.2, 0.25) is 0 Å². The lowest BCUT2D eigenvalue weighted by molar-refractivity contribution is 0.427. The Morgan fingerprint density at radius 3 is 2.10 bits per heavy atom. The van der Waals surface area contributed by atoms with Gasteiger partial charge < -0.3 is 5.32 Å². The maximum Gasteiger partial charge on any atom is 0.241 e. The minimum Gasteiger partial charge on any atom is -0.317 e. The standard InChI is InChI=1S/C14H22N2O2S.ClH/c1-10-8-11(2)14(12(3)9-10)19(17,18)16-13-4-6-15-7-5-13;/h8-9,13,15-16H,4-7H2,1-3H3;1H. The highest BCUT2D eigenvalue weighted by Gasteiger charge is 2.24. The highest BCUT2D eigenvalue weighted by molar-refractivity contribution is 7.89. The topological polar surface area (TPSA) is 58.2 Å². The third-order valence-corrected chi connectivity index (χ3v) is 5.36. The molecule has 0 saturated carbocycles. The molecule has 0 atom stereocenters. The normalized spacial score (nSPS) is 16.8. The van der Waals surface area contributed by atoms with Gasteiger partial charge in [-0.25, -0.2) is 13.1 Å². The van der Waals surface area contributed by atoms with Crippen LogP contribution in [-0.2, 0) is 10.0 Å². The molecule has 114 valence electrons. The first kappa shape index (κ1) is 17.4. The van der Waals surface area contributed by atoms with E-state index >= 15 is 0 Å². The van der Waals surface area contributed by atoms with Gasteiger partial charge in [0, 0.05) is 6.04 Å². The van der Waals surface area contributed by atoms with Gasteiger partial charge in [-0.15, -0.1) is 12.4 Å². The van der Waals surface area contributed by atoms with Crippen molar-refractivity contribution < 1.29 is 8.42 Å². The minimum atomic E-state index is -3.42. The number of benzene rings is 1. The maximum atomic E-state index is 12.5. The minimum absolute atomic E-state index is 0. The second kappa shape index (κ2) is 6.89. The summed E-state index contributed by atoms with van der Waals surface area (Å²) >= 11 is 0. The summed E-state index contributed by atoms with van der Waals surface area (Å²) < 4.78 is 27.9. The van der Waals surface area contributed by atoms with Gasteiger partial charge in [-0.3, -0.25) is 0 Å². The summed E-state index contributed by atoms with van der Waals surface area (Å²) in [6, 6.07) is 3.89. The van der Waals surface area contributed by atoms with Gasteiger partial charge in [-0.1, -0.05) is 17.7 Å². The SMILES string of the molecule is Cc1cc(C)c(S(=O)(=O)NC2CCNCC2)c(C)c1.Cl. The van der Waals surface area contributed by atoms with Crippen LogP contribution in [0.3, 0.4) is 0 Å². The Morgan fingerprint density at radius 2 is 1.60 bits per heavy atom. The second-order valence-electron chi connectivity index (χ2n) is 5.37. The summed E-state index contributed by atoms with van der Waals surface area (Å²) in [5.74, 6) is 0. The average Bonchev–Trinajstić information content (AvgIpc) is 2.27. The smallest absolute Gasteiger partial charge is 0.241 e. The van der Waals surface area contributed by atoms with Crippen molar-refractivity contribution in [2.45, 2.75) is 44.6 Å². The van der Waals surface area contributed by atoms with E-state index in [0.717, 1.165) is 42.6 Å². The number of hydrogen-bond donors (Lipinski definition) is 2. The van der Waals surface area contributed by atoms with Crippen molar-refractivity contribution in [3.8, 4) is 0 Å². The molecule has 0 spiro atoms. The number of hydrogen-bond acceptors (Lipinski definition) is 3. The molecule has 1 heterocycles. The van der Waals surface area contributed by atoms with Gasteiger partial charge in [0.15, 0.2) is 0 Å². The zero-order valence-corrected chi connectivity index (χ0v) is 13.8. The van der Waals surface area contributed by atoms with E-state index in [2.05, 4.69) is 10.0 Å². The van der Waals surface area contributed by atoms with E-state index in [9.17, 15) is 8.42 Å². The highest BCUT2D eigenvalue weighted by atomic mass is 35.5. The van der Waals surface area contributed by atoms with Crippen molar-refractivity contribution in [1.82, 2.24) is 10.0 Å². The van der Waals surface area contributed by atoms with Crippen LogP contribution in [0.1, 0.15) is 29.5 Å². The van der Waals surface area contributed by atoms with Gasteiger partial charge in [0.25, 0.3) is 0 Å². The number of rotatable bonds is 3. The van der Waals surface area contributed by atoms with Gasteiger partial charge in [0.05, 0.1) is 4.90 Å². The molecule has 1 aromatic rings. The molecule has 0 amide bonds. The van der Waals surface area contributed by atoms with Gasteiger partial charge in [-0.2, -0.15) is 0 Å². The zero-order valence-electron chi connectivity index (χ0n) is 12.2. The zero-order chi connectivity index (χ0) is 14.0. The molecular formula is C14H23ClN2O2S. The highest BCUT2D eigenvalue weighted by Crippen LogP contribution is 2.22. The van der Waals surface area contributed by atoms with E-state index in [1.165, 1.54) is 0 Å². The van der Waals surface area contributed by atoms with Gasteiger partial charge in [-0.05, 0) is 57.8 Å². The first-order chi connectivity index (χ1) is 8.90. The lowest BCUT2D eigenvalue weighted by Crippen LogP contribution is -2.42. The van der Waals surface area contributed by atoms with Crippen LogP contribution in [0.5, 0.6) is 0 Å². The molecule has 1 saturated heterocycles. The van der Waals surface area contributed by atoms with Crippen LogP contribution in [-0.4, -0.2) is 27.5 Å². The van der Waals surface area contributed by atoms with Crippen LogP contribution < -0.4 is 10.0 Å². The lowest BCUT2D eigenvalue weighted by Gasteiger charge is -2.24. The van der Waals surface area contributed by atoms with E-state index in [0.29, 0.717) is 4.90 Å². The third-order valence-electron chi connectivity index (χ3n) is 3.53. The van der Waals surface area contributed by atoms with Gasteiger partial charge in [0.1, 0.15) is 0 Å². The van der Waals surface area contributed by atoms with E-state index in [1.807, 2.05) is 32.9 Å². The fraction of sp³-hybridized carbons (Fsp3) is 0.571. The van der Waals surface area contributed by atoms with Gasteiger partial charge in [0.2, 0.25) is 10.0 Å². The van der Waals surface area contributed by atoms with Gasteiger partial charge >= 0.3 is 0 Å². The molecule has 0 unspecified atom stereocenters. The number of sulfonamides is 1. The summed E-state index contributed by atoms with van der Waals surface area (Å²) in [4.78, 5) is 0.441. The molecule has 1 aromatic carbocycles. The summed E-state index contributed by atoms with van der Waals surface area (Å²) in [7, 11) is -3.42. The molecule has 6 heteroatoms. The largest absolute Gasteiger partial charge is 0.317 e. The van der Waals surface area contributed by atoms with Crippen molar-refractivity contribution in [1.29, 1.82) is 0 Å². The van der Waals surface area contributed by atoms with E-state index in [4.69, 9.17) is 0 Å². The van der Waals surface area contributed by atoms with Crippen molar-refractivity contribution in [2.75, 3.05) is 13.1 Å². The van der Waals surface area contributed by atoms with Crippen LogP contribution in [0, 0.1) is 20.8 Å². The Kier molecular flexibility index (Phi) is 6.01. The van der Waals surface area contributed by atoms with Crippen molar-refractivity contribution in [3.63, 3.8) is 0 Å². The molecule has 2 N–H and O–H groups in total. The maximum absolute atomic E-state index is 12.5. The molecule has 1 aliphatic rings. The molecule has 2 rings (SSSR count). The fourth-order valence-electron chi connectivity index (χ4n) is 2.81. The summed E-state index contributed by atoms with van der Waals surface area (Å²) in [6.07, 6.45) is 1.70. The van der Waals surface area contributed by atoms with Crippen LogP contribution in [0.15, 0.2) is 17.0 Å². The lowest BCUT2D eigenvalue weighted by atomic mass is 10.1. The predicted molar refractivity (Wildman–Crippen MR) is 84.1 cm³/mol. The second-order valence-corrected chi connectivity index (χ2v) is 7.02. The molecule has 0 bridgehead atoms. The average molecular weight is 319 g/mol. The molecule has 0 aromatic heterocycles. The van der Waals surface area contributed by atoms with E-state index < -0.39 is 10.0 Å². The quantitative estimate of drug-likeness (QED) is 0.897. The first-order valence-electron chi connectivity index (χ1n) is 6.71. The molecule has 1 fully saturated rings. The van der Waals surface area contributed by atoms with E-state index in [-0.39, 0.29) is 18.4 Å². The molecule has 0 aliphatic carbocycles. The molecule has 4 nitrogen and oxygen atoms in total. The van der Waals surface area contributed by atoms with Crippen molar-refractivity contribution in [2.24, 2.45) is 0 Å². The van der Waals surface area contributed by atoms with E-state index in [1.54, 1.807) is 0 Å². The molecule has 1 aliphatic heterocycles. The van der Waals surface area contributed by atoms with Crippen LogP contribution in [0.4, 0.5) is 0 Å². The summed E-state index contributed by atoms with van der Waals surface area (Å²) in [5.41, 5.74) is 2.73. The number of nitrogens with one attached hydrogen (secondary N) is 2. The van der Waals surface area contributed by atoms with Crippen LogP contribution in [0.25, 0.3) is 0 Å². The Balaban J connectivity index is 0.00000200. The fourth-order valence-corrected chi connectivity index (χ4v) is 4.57. The Morgan fingerprint density at radius 1 is 1.10 bits per heavy atom. The Hall–Kier alpha value is -0.620. The molecule has 20 heavy (non-hydrogen) atoms. The molecule has 0 radical (unpaired) electrons. The molecular weight excluding hydrogens is 296 g/mol. The number of halogens is 1. The summed E-state index contributed by atoms with van der Waals surface area (Å²) in [6.45, 7) is 7.45. The number of piperidine rings is 1. The Bertz CT molecular complexity index is 544. The summed E-state index contributed by atoms with van der Waals surface area (Å²) in [5, 5.41) is 3.24. The van der Waals surface area contributed by atoms with Crippen molar-refractivity contribution >= 4 is 22.4 Å². The predicted octanol–water partition coefficient (Wildman–Crippen LogP) is 2.06. The first-order valence-corrected chi connectivity index (χ1v) is 8.19. The monoisotopic (exact) mass is 318 g/mol. The van der Waals surface area contributed by atoms with Crippen molar-refractivity contribution in [3.05, 3.63) is 28.8 Å². The van der Waals surface area contributed by atoms with Crippen LogP contribution >= 0.6 is 12.4 Å². The Labute approximate surface area is 127 Å². The third kappa shape index (κ3) is 3.95. The number of aryl methyl sites for hydroxylation is 3.